The van der Waals surface area contributed by atoms with Crippen LogP contribution in [0.3, 0.4) is 0 Å². The Balaban J connectivity index is 2.78. The SMILES string of the molecule is COC(=O)CN(N)c1ccc(F)c(F)c1. The molecule has 1 aromatic rings. The first-order valence-electron chi connectivity index (χ1n) is 4.08. The Hall–Kier alpha value is -1.69. The quantitative estimate of drug-likeness (QED) is 0.461. The second-order valence-electron chi connectivity index (χ2n) is 2.80. The van der Waals surface area contributed by atoms with Gasteiger partial charge in [0.25, 0.3) is 0 Å². The van der Waals surface area contributed by atoms with Crippen LogP contribution < -0.4 is 10.9 Å². The first-order chi connectivity index (χ1) is 7.04. The summed E-state index contributed by atoms with van der Waals surface area (Å²) >= 11 is 0. The van der Waals surface area contributed by atoms with E-state index in [9.17, 15) is 13.6 Å². The average Bonchev–Trinajstić information content (AvgIpc) is 2.21. The summed E-state index contributed by atoms with van der Waals surface area (Å²) in [6, 6.07) is 3.10. The zero-order chi connectivity index (χ0) is 11.4. The van der Waals surface area contributed by atoms with Gasteiger partial charge in [0.1, 0.15) is 6.54 Å². The fraction of sp³-hybridized carbons (Fsp3) is 0.222. The molecule has 0 spiro atoms. The van der Waals surface area contributed by atoms with Gasteiger partial charge in [-0.1, -0.05) is 0 Å². The van der Waals surface area contributed by atoms with E-state index >= 15 is 0 Å². The van der Waals surface area contributed by atoms with Crippen LogP contribution in [0.4, 0.5) is 14.5 Å². The molecule has 0 unspecified atom stereocenters. The molecule has 2 N–H and O–H groups in total. The molecule has 0 saturated carbocycles. The molecule has 0 atom stereocenters. The van der Waals surface area contributed by atoms with Crippen molar-refractivity contribution in [2.45, 2.75) is 0 Å². The number of anilines is 1. The van der Waals surface area contributed by atoms with Crippen LogP contribution in [0.5, 0.6) is 0 Å². The summed E-state index contributed by atoms with van der Waals surface area (Å²) in [6.07, 6.45) is 0. The van der Waals surface area contributed by atoms with Gasteiger partial charge in [0.05, 0.1) is 12.8 Å². The molecule has 0 radical (unpaired) electrons. The Bertz CT molecular complexity index is 371. The highest BCUT2D eigenvalue weighted by Gasteiger charge is 2.10. The number of benzene rings is 1. The smallest absolute Gasteiger partial charge is 0.326 e. The van der Waals surface area contributed by atoms with Crippen molar-refractivity contribution in [1.29, 1.82) is 0 Å². The molecule has 6 heteroatoms. The largest absolute Gasteiger partial charge is 0.468 e. The van der Waals surface area contributed by atoms with E-state index in [1.807, 2.05) is 0 Å². The van der Waals surface area contributed by atoms with Crippen LogP contribution in [0.15, 0.2) is 18.2 Å². The highest BCUT2D eigenvalue weighted by molar-refractivity contribution is 5.75. The monoisotopic (exact) mass is 216 g/mol. The van der Waals surface area contributed by atoms with Gasteiger partial charge in [0.15, 0.2) is 11.6 Å². The number of ether oxygens (including phenoxy) is 1. The molecule has 0 saturated heterocycles. The third kappa shape index (κ3) is 2.88. The lowest BCUT2D eigenvalue weighted by molar-refractivity contribution is -0.138. The Morgan fingerprint density at radius 3 is 2.67 bits per heavy atom. The van der Waals surface area contributed by atoms with Crippen molar-refractivity contribution in [2.75, 3.05) is 18.7 Å². The van der Waals surface area contributed by atoms with E-state index < -0.39 is 17.6 Å². The maximum Gasteiger partial charge on any atom is 0.326 e. The van der Waals surface area contributed by atoms with Crippen LogP contribution >= 0.6 is 0 Å². The Kier molecular flexibility index (Phi) is 3.56. The summed E-state index contributed by atoms with van der Waals surface area (Å²) in [5.74, 6) is 2.88. The number of nitrogens with two attached hydrogens (primary N) is 1. The van der Waals surface area contributed by atoms with Gasteiger partial charge in [0.2, 0.25) is 0 Å². The molecule has 0 aromatic heterocycles. The van der Waals surface area contributed by atoms with Crippen molar-refractivity contribution in [3.63, 3.8) is 0 Å². The van der Waals surface area contributed by atoms with Gasteiger partial charge in [-0.25, -0.2) is 14.6 Å². The first kappa shape index (κ1) is 11.4. The van der Waals surface area contributed by atoms with Gasteiger partial charge in [-0.2, -0.15) is 0 Å². The van der Waals surface area contributed by atoms with E-state index in [2.05, 4.69) is 4.74 Å². The fourth-order valence-corrected chi connectivity index (χ4v) is 0.959. The summed E-state index contributed by atoms with van der Waals surface area (Å²) in [7, 11) is 1.21. The van der Waals surface area contributed by atoms with Crippen LogP contribution in [-0.2, 0) is 9.53 Å². The van der Waals surface area contributed by atoms with Gasteiger partial charge in [-0.05, 0) is 12.1 Å². The molecular weight excluding hydrogens is 206 g/mol. The number of nitrogens with zero attached hydrogens (tertiary/aromatic N) is 1. The van der Waals surface area contributed by atoms with E-state index in [1.165, 1.54) is 13.2 Å². The van der Waals surface area contributed by atoms with E-state index in [-0.39, 0.29) is 12.2 Å². The topological polar surface area (TPSA) is 55.6 Å². The van der Waals surface area contributed by atoms with Crippen molar-refractivity contribution >= 4 is 11.7 Å². The second kappa shape index (κ2) is 4.70. The predicted octanol–water partition coefficient (Wildman–Crippen LogP) is 0.818. The van der Waals surface area contributed by atoms with Gasteiger partial charge in [-0.15, -0.1) is 0 Å². The molecule has 0 amide bonds. The minimum absolute atomic E-state index is 0.194. The molecular formula is C9H10F2N2O2. The number of methoxy groups -OCH3 is 1. The van der Waals surface area contributed by atoms with Crippen molar-refractivity contribution in [1.82, 2.24) is 0 Å². The number of carbonyl (C=O) groups is 1. The molecule has 0 fully saturated rings. The summed E-state index contributed by atoms with van der Waals surface area (Å²) in [6.45, 7) is -0.235. The first-order valence-corrected chi connectivity index (χ1v) is 4.08. The molecule has 0 aliphatic heterocycles. The number of hydrazine groups is 1. The number of hydrogen-bond donors (Lipinski definition) is 1. The van der Waals surface area contributed by atoms with Gasteiger partial charge in [0, 0.05) is 6.07 Å². The number of esters is 1. The molecule has 0 aliphatic rings. The molecule has 1 aromatic carbocycles. The maximum absolute atomic E-state index is 12.8. The summed E-state index contributed by atoms with van der Waals surface area (Å²) in [5, 5.41) is 0.967. The Labute approximate surface area is 85.2 Å². The van der Waals surface area contributed by atoms with Crippen LogP contribution in [0, 0.1) is 11.6 Å². The van der Waals surface area contributed by atoms with Crippen molar-refractivity contribution in [3.05, 3.63) is 29.8 Å². The predicted molar refractivity (Wildman–Crippen MR) is 49.9 cm³/mol. The number of hydrogen-bond acceptors (Lipinski definition) is 4. The van der Waals surface area contributed by atoms with E-state index in [4.69, 9.17) is 5.84 Å². The standard InChI is InChI=1S/C9H10F2N2O2/c1-15-9(14)5-13(12)6-2-3-7(10)8(11)4-6/h2-4H,5,12H2,1H3. The third-order valence-electron chi connectivity index (χ3n) is 1.76. The van der Waals surface area contributed by atoms with Crippen LogP contribution in [0.1, 0.15) is 0 Å². The van der Waals surface area contributed by atoms with Gasteiger partial charge < -0.3 is 4.74 Å². The number of carbonyl (C=O) groups excluding carboxylic acids is 1. The number of rotatable bonds is 3. The lowest BCUT2D eigenvalue weighted by Crippen LogP contribution is -2.36. The molecule has 4 nitrogen and oxygen atoms in total. The average molecular weight is 216 g/mol. The minimum Gasteiger partial charge on any atom is -0.468 e. The second-order valence-corrected chi connectivity index (χ2v) is 2.80. The van der Waals surface area contributed by atoms with E-state index in [0.29, 0.717) is 0 Å². The van der Waals surface area contributed by atoms with Crippen LogP contribution in [-0.4, -0.2) is 19.6 Å². The Morgan fingerprint density at radius 2 is 2.13 bits per heavy atom. The van der Waals surface area contributed by atoms with Crippen molar-refractivity contribution in [2.24, 2.45) is 5.84 Å². The highest BCUT2D eigenvalue weighted by atomic mass is 19.2. The lowest BCUT2D eigenvalue weighted by atomic mass is 10.3. The van der Waals surface area contributed by atoms with E-state index in [1.54, 1.807) is 0 Å². The summed E-state index contributed by atoms with van der Waals surface area (Å²) in [4.78, 5) is 10.8. The zero-order valence-electron chi connectivity index (χ0n) is 8.04. The maximum atomic E-state index is 12.8. The van der Waals surface area contributed by atoms with Crippen LogP contribution in [0.25, 0.3) is 0 Å². The van der Waals surface area contributed by atoms with Crippen molar-refractivity contribution in [3.8, 4) is 0 Å². The molecule has 1 rings (SSSR count). The van der Waals surface area contributed by atoms with Gasteiger partial charge >= 0.3 is 5.97 Å². The van der Waals surface area contributed by atoms with Crippen molar-refractivity contribution < 1.29 is 18.3 Å². The minimum atomic E-state index is -1.02. The molecule has 82 valence electrons. The van der Waals surface area contributed by atoms with E-state index in [0.717, 1.165) is 17.1 Å². The molecule has 0 bridgehead atoms. The summed E-state index contributed by atoms with van der Waals surface area (Å²) in [5.41, 5.74) is 0.194. The van der Waals surface area contributed by atoms with Crippen LogP contribution in [0.2, 0.25) is 0 Å². The highest BCUT2D eigenvalue weighted by Crippen LogP contribution is 2.15. The lowest BCUT2D eigenvalue weighted by Gasteiger charge is -2.16. The normalized spacial score (nSPS) is 9.87. The number of halogens is 2. The Morgan fingerprint density at radius 1 is 1.47 bits per heavy atom. The van der Waals surface area contributed by atoms with Gasteiger partial charge in [-0.3, -0.25) is 9.80 Å². The molecule has 0 aliphatic carbocycles. The molecule has 15 heavy (non-hydrogen) atoms. The third-order valence-corrected chi connectivity index (χ3v) is 1.76. The zero-order valence-corrected chi connectivity index (χ0v) is 8.04. The fourth-order valence-electron chi connectivity index (χ4n) is 0.959. The summed E-state index contributed by atoms with van der Waals surface area (Å²) < 4.78 is 29.7. The molecule has 0 heterocycles.